The van der Waals surface area contributed by atoms with Gasteiger partial charge in [0.05, 0.1) is 12.7 Å². The highest BCUT2D eigenvalue weighted by atomic mass is 16.5. The molecule has 18 heavy (non-hydrogen) atoms. The molecule has 1 rings (SSSR count). The van der Waals surface area contributed by atoms with E-state index in [-0.39, 0.29) is 5.57 Å². The average Bonchev–Trinajstić information content (AvgIpc) is 2.28. The summed E-state index contributed by atoms with van der Waals surface area (Å²) in [4.78, 5) is 21.7. The quantitative estimate of drug-likeness (QED) is 0.797. The molecule has 0 aliphatic heterocycles. The Bertz CT molecular complexity index is 528. The predicted octanol–water partition coefficient (Wildman–Crippen LogP) is 1.86. The van der Waals surface area contributed by atoms with Crippen LogP contribution in [0.15, 0.2) is 18.2 Å². The van der Waals surface area contributed by atoms with Gasteiger partial charge in [-0.25, -0.2) is 9.59 Å². The number of methoxy groups -OCH3 is 1. The number of aliphatic carboxylic acids is 2. The lowest BCUT2D eigenvalue weighted by Gasteiger charge is -2.11. The second kappa shape index (κ2) is 5.35. The Morgan fingerprint density at radius 2 is 1.78 bits per heavy atom. The molecule has 0 amide bonds. The standard InChI is InChI=1S/C13H14O5/c1-7-5-11(18-3)8(2)4-9(7)10(13(16)17)6-12(14)15/h4-6H,1-3H3,(H,14,15)(H,16,17)/b10-6-. The van der Waals surface area contributed by atoms with Crippen molar-refractivity contribution in [3.63, 3.8) is 0 Å². The van der Waals surface area contributed by atoms with Crippen molar-refractivity contribution in [2.24, 2.45) is 0 Å². The Labute approximate surface area is 104 Å². The van der Waals surface area contributed by atoms with Crippen molar-refractivity contribution >= 4 is 17.5 Å². The molecule has 0 unspecified atom stereocenters. The Hall–Kier alpha value is -2.30. The van der Waals surface area contributed by atoms with Gasteiger partial charge < -0.3 is 14.9 Å². The second-order valence-electron chi connectivity index (χ2n) is 3.84. The Balaban J connectivity index is 3.43. The summed E-state index contributed by atoms with van der Waals surface area (Å²) in [5, 5.41) is 17.7. The first kappa shape index (κ1) is 13.8. The first-order chi connectivity index (χ1) is 8.36. The van der Waals surface area contributed by atoms with Crippen LogP contribution in [0.4, 0.5) is 0 Å². The van der Waals surface area contributed by atoms with Gasteiger partial charge in [0.2, 0.25) is 0 Å². The molecule has 0 radical (unpaired) electrons. The molecule has 0 aromatic heterocycles. The molecule has 0 saturated carbocycles. The van der Waals surface area contributed by atoms with Crippen molar-refractivity contribution in [3.05, 3.63) is 34.9 Å². The third-order valence-corrected chi connectivity index (χ3v) is 2.53. The van der Waals surface area contributed by atoms with Crippen molar-refractivity contribution < 1.29 is 24.5 Å². The van der Waals surface area contributed by atoms with Crippen LogP contribution in [0.3, 0.4) is 0 Å². The molecule has 0 aliphatic carbocycles. The van der Waals surface area contributed by atoms with E-state index >= 15 is 0 Å². The lowest BCUT2D eigenvalue weighted by Crippen LogP contribution is -2.05. The third kappa shape index (κ3) is 2.88. The van der Waals surface area contributed by atoms with E-state index in [9.17, 15) is 9.59 Å². The Kier molecular flexibility index (Phi) is 4.09. The molecule has 0 atom stereocenters. The minimum Gasteiger partial charge on any atom is -0.496 e. The van der Waals surface area contributed by atoms with Gasteiger partial charge in [0, 0.05) is 6.08 Å². The largest absolute Gasteiger partial charge is 0.496 e. The molecule has 0 saturated heterocycles. The molecule has 5 heteroatoms. The second-order valence-corrected chi connectivity index (χ2v) is 3.84. The molecule has 2 N–H and O–H groups in total. The maximum absolute atomic E-state index is 11.1. The van der Waals surface area contributed by atoms with Crippen LogP contribution >= 0.6 is 0 Å². The van der Waals surface area contributed by atoms with Gasteiger partial charge in [-0.1, -0.05) is 0 Å². The molecule has 0 aliphatic rings. The van der Waals surface area contributed by atoms with E-state index in [4.69, 9.17) is 14.9 Å². The van der Waals surface area contributed by atoms with Crippen molar-refractivity contribution in [2.45, 2.75) is 13.8 Å². The summed E-state index contributed by atoms with van der Waals surface area (Å²) in [6.07, 6.45) is 0.691. The number of carboxylic acid groups (broad SMARTS) is 2. The minimum absolute atomic E-state index is 0.245. The minimum atomic E-state index is -1.29. The summed E-state index contributed by atoms with van der Waals surface area (Å²) in [7, 11) is 1.52. The Morgan fingerprint density at radius 3 is 2.22 bits per heavy atom. The van der Waals surface area contributed by atoms with E-state index in [2.05, 4.69) is 0 Å². The molecule has 96 valence electrons. The predicted molar refractivity (Wildman–Crippen MR) is 65.7 cm³/mol. The van der Waals surface area contributed by atoms with Crippen molar-refractivity contribution in [1.29, 1.82) is 0 Å². The molecule has 0 bridgehead atoms. The smallest absolute Gasteiger partial charge is 0.336 e. The number of benzene rings is 1. The molecule has 5 nitrogen and oxygen atoms in total. The van der Waals surface area contributed by atoms with Gasteiger partial charge in [-0.05, 0) is 42.7 Å². The highest BCUT2D eigenvalue weighted by Gasteiger charge is 2.16. The summed E-state index contributed by atoms with van der Waals surface area (Å²) in [5.41, 5.74) is 1.52. The fourth-order valence-electron chi connectivity index (χ4n) is 1.68. The van der Waals surface area contributed by atoms with Crippen LogP contribution in [0.5, 0.6) is 5.75 Å². The highest BCUT2D eigenvalue weighted by molar-refractivity contribution is 6.19. The van der Waals surface area contributed by atoms with Gasteiger partial charge in [-0.15, -0.1) is 0 Å². The summed E-state index contributed by atoms with van der Waals surface area (Å²) >= 11 is 0. The number of hydrogen-bond donors (Lipinski definition) is 2. The lowest BCUT2D eigenvalue weighted by molar-refractivity contribution is -0.133. The number of carboxylic acids is 2. The monoisotopic (exact) mass is 250 g/mol. The van der Waals surface area contributed by atoms with E-state index in [1.807, 2.05) is 0 Å². The summed E-state index contributed by atoms with van der Waals surface area (Å²) in [5.74, 6) is -1.93. The Morgan fingerprint density at radius 1 is 1.17 bits per heavy atom. The first-order valence-electron chi connectivity index (χ1n) is 5.20. The SMILES string of the molecule is COc1cc(C)c(/C(=C/C(=O)O)C(=O)O)cc1C. The number of rotatable bonds is 4. The zero-order valence-corrected chi connectivity index (χ0v) is 10.4. The number of hydrogen-bond acceptors (Lipinski definition) is 3. The number of aryl methyl sites for hydroxylation is 2. The molecule has 0 heterocycles. The van der Waals surface area contributed by atoms with E-state index in [0.717, 1.165) is 5.56 Å². The zero-order chi connectivity index (χ0) is 13.9. The summed E-state index contributed by atoms with van der Waals surface area (Å²) < 4.78 is 5.12. The maximum Gasteiger partial charge on any atom is 0.336 e. The van der Waals surface area contributed by atoms with Gasteiger partial charge >= 0.3 is 11.9 Å². The van der Waals surface area contributed by atoms with E-state index < -0.39 is 11.9 Å². The van der Waals surface area contributed by atoms with Crippen LogP contribution in [0.1, 0.15) is 16.7 Å². The van der Waals surface area contributed by atoms with Gasteiger partial charge in [0.15, 0.2) is 0 Å². The highest BCUT2D eigenvalue weighted by Crippen LogP contribution is 2.27. The topological polar surface area (TPSA) is 83.8 Å². The molecule has 1 aromatic rings. The van der Waals surface area contributed by atoms with E-state index in [1.165, 1.54) is 7.11 Å². The van der Waals surface area contributed by atoms with Crippen LogP contribution in [0.25, 0.3) is 5.57 Å². The lowest BCUT2D eigenvalue weighted by atomic mass is 9.97. The van der Waals surface area contributed by atoms with Crippen molar-refractivity contribution in [3.8, 4) is 5.75 Å². The zero-order valence-electron chi connectivity index (χ0n) is 10.4. The third-order valence-electron chi connectivity index (χ3n) is 2.53. The van der Waals surface area contributed by atoms with Crippen LogP contribution in [0, 0.1) is 13.8 Å². The van der Waals surface area contributed by atoms with Gasteiger partial charge in [-0.2, -0.15) is 0 Å². The van der Waals surface area contributed by atoms with Gasteiger partial charge in [-0.3, -0.25) is 0 Å². The van der Waals surface area contributed by atoms with Crippen molar-refractivity contribution in [2.75, 3.05) is 7.11 Å². The fraction of sp³-hybridized carbons (Fsp3) is 0.231. The molecule has 1 aromatic carbocycles. The van der Waals surface area contributed by atoms with E-state index in [0.29, 0.717) is 23.0 Å². The van der Waals surface area contributed by atoms with Gasteiger partial charge in [0.25, 0.3) is 0 Å². The maximum atomic E-state index is 11.1. The molecular weight excluding hydrogens is 236 g/mol. The average molecular weight is 250 g/mol. The van der Waals surface area contributed by atoms with Crippen molar-refractivity contribution in [1.82, 2.24) is 0 Å². The van der Waals surface area contributed by atoms with Crippen LogP contribution in [0.2, 0.25) is 0 Å². The summed E-state index contributed by atoms with van der Waals surface area (Å²) in [6.45, 7) is 3.47. The first-order valence-corrected chi connectivity index (χ1v) is 5.20. The fourth-order valence-corrected chi connectivity index (χ4v) is 1.68. The molecule has 0 spiro atoms. The summed E-state index contributed by atoms with van der Waals surface area (Å²) in [6, 6.07) is 3.29. The normalized spacial score (nSPS) is 11.2. The molecule has 0 fully saturated rings. The molecular formula is C13H14O5. The van der Waals surface area contributed by atoms with Crippen LogP contribution in [-0.4, -0.2) is 29.3 Å². The number of carbonyl (C=O) groups is 2. The van der Waals surface area contributed by atoms with Crippen LogP contribution in [-0.2, 0) is 9.59 Å². The van der Waals surface area contributed by atoms with Crippen LogP contribution < -0.4 is 4.74 Å². The van der Waals surface area contributed by atoms with Gasteiger partial charge in [0.1, 0.15) is 5.75 Å². The van der Waals surface area contributed by atoms with E-state index in [1.54, 1.807) is 26.0 Å². The number of ether oxygens (including phenoxy) is 1.